The fraction of sp³-hybridized carbons (Fsp3) is 1.00. The van der Waals surface area contributed by atoms with Crippen LogP contribution < -0.4 is 0 Å². The fourth-order valence-electron chi connectivity index (χ4n) is 4.07. The van der Waals surface area contributed by atoms with Gasteiger partial charge in [-0.25, -0.2) is 0 Å². The van der Waals surface area contributed by atoms with Crippen LogP contribution in [0.2, 0.25) is 0 Å². The lowest BCUT2D eigenvalue weighted by molar-refractivity contribution is -0.406. The van der Waals surface area contributed by atoms with Crippen molar-refractivity contribution < 1.29 is 14.2 Å². The van der Waals surface area contributed by atoms with Gasteiger partial charge in [-0.2, -0.15) is 0 Å². The summed E-state index contributed by atoms with van der Waals surface area (Å²) in [6, 6.07) is 0. The van der Waals surface area contributed by atoms with Crippen LogP contribution in [0, 0.1) is 5.92 Å². The van der Waals surface area contributed by atoms with Crippen molar-refractivity contribution in [1.29, 1.82) is 0 Å². The molecule has 4 heteroatoms. The van der Waals surface area contributed by atoms with Gasteiger partial charge in [-0.05, 0) is 43.0 Å². The third kappa shape index (κ3) is 16.8. The standard InChI is InChI=1S/C27H55IO3/c1-5-9-10-11-14-17-20-26(21-18-15-12-13-16-19-22-28)27(29-23-6-2,30-24-7-3)31-25-8-4/h26H,5-25H2,1-4H3. The first-order chi connectivity index (χ1) is 15.2. The van der Waals surface area contributed by atoms with E-state index in [4.69, 9.17) is 14.2 Å². The SMILES string of the molecule is CCCCCCCCC(CCCCCCCCI)C(OCCC)(OCCC)OCCC. The summed E-state index contributed by atoms with van der Waals surface area (Å²) in [5.74, 6) is -0.509. The maximum Gasteiger partial charge on any atom is 0.285 e. The summed E-state index contributed by atoms with van der Waals surface area (Å²) in [5, 5.41) is 0. The summed E-state index contributed by atoms with van der Waals surface area (Å²) in [7, 11) is 0. The Labute approximate surface area is 209 Å². The molecule has 0 aromatic heterocycles. The molecule has 3 nitrogen and oxygen atoms in total. The monoisotopic (exact) mass is 554 g/mol. The molecule has 0 rings (SSSR count). The Morgan fingerprint density at radius 1 is 0.516 bits per heavy atom. The van der Waals surface area contributed by atoms with E-state index in [1.807, 2.05) is 0 Å². The van der Waals surface area contributed by atoms with Gasteiger partial charge in [0.15, 0.2) is 0 Å². The molecule has 0 saturated heterocycles. The Morgan fingerprint density at radius 2 is 0.903 bits per heavy atom. The molecule has 0 N–H and O–H groups in total. The van der Waals surface area contributed by atoms with Gasteiger partial charge >= 0.3 is 0 Å². The summed E-state index contributed by atoms with van der Waals surface area (Å²) >= 11 is 2.49. The second kappa shape index (κ2) is 23.8. The van der Waals surface area contributed by atoms with E-state index in [1.54, 1.807) is 0 Å². The van der Waals surface area contributed by atoms with Crippen LogP contribution in [0.1, 0.15) is 137 Å². The molecule has 1 unspecified atom stereocenters. The molecule has 0 aromatic rings. The molecule has 0 aliphatic carbocycles. The first-order valence-corrected chi connectivity index (χ1v) is 15.2. The van der Waals surface area contributed by atoms with Gasteiger partial charge in [-0.3, -0.25) is 0 Å². The predicted molar refractivity (Wildman–Crippen MR) is 144 cm³/mol. The van der Waals surface area contributed by atoms with Gasteiger partial charge in [0.2, 0.25) is 0 Å². The molecule has 0 spiro atoms. The lowest BCUT2D eigenvalue weighted by Crippen LogP contribution is -2.47. The van der Waals surface area contributed by atoms with Crippen LogP contribution >= 0.6 is 22.6 Å². The number of rotatable bonds is 25. The van der Waals surface area contributed by atoms with E-state index in [0.29, 0.717) is 25.7 Å². The Balaban J connectivity index is 5.00. The summed E-state index contributed by atoms with van der Waals surface area (Å²) in [6.07, 6.45) is 21.3. The van der Waals surface area contributed by atoms with Gasteiger partial charge < -0.3 is 14.2 Å². The molecule has 0 heterocycles. The van der Waals surface area contributed by atoms with Gasteiger partial charge in [0.1, 0.15) is 0 Å². The molecule has 1 atom stereocenters. The first kappa shape index (κ1) is 31.6. The molecular weight excluding hydrogens is 499 g/mol. The smallest absolute Gasteiger partial charge is 0.285 e. The highest BCUT2D eigenvalue weighted by Crippen LogP contribution is 2.35. The second-order valence-corrected chi connectivity index (χ2v) is 10.1. The minimum Gasteiger partial charge on any atom is -0.327 e. The number of unbranched alkanes of at least 4 members (excludes halogenated alkanes) is 10. The normalized spacial score (nSPS) is 13.1. The zero-order valence-electron chi connectivity index (χ0n) is 21.5. The van der Waals surface area contributed by atoms with Crippen molar-refractivity contribution in [3.63, 3.8) is 0 Å². The molecule has 31 heavy (non-hydrogen) atoms. The number of halogens is 1. The zero-order valence-corrected chi connectivity index (χ0v) is 23.7. The maximum absolute atomic E-state index is 6.41. The number of hydrogen-bond acceptors (Lipinski definition) is 3. The maximum atomic E-state index is 6.41. The largest absolute Gasteiger partial charge is 0.327 e. The first-order valence-electron chi connectivity index (χ1n) is 13.7. The number of hydrogen-bond donors (Lipinski definition) is 0. The Kier molecular flexibility index (Phi) is 24.2. The Bertz CT molecular complexity index is 330. The van der Waals surface area contributed by atoms with Crippen LogP contribution in [0.4, 0.5) is 0 Å². The highest BCUT2D eigenvalue weighted by Gasteiger charge is 2.41. The van der Waals surface area contributed by atoms with Crippen molar-refractivity contribution in [2.75, 3.05) is 24.2 Å². The van der Waals surface area contributed by atoms with E-state index in [9.17, 15) is 0 Å². The topological polar surface area (TPSA) is 27.7 Å². The van der Waals surface area contributed by atoms with Crippen LogP contribution in [0.25, 0.3) is 0 Å². The average molecular weight is 555 g/mol. The lowest BCUT2D eigenvalue weighted by atomic mass is 9.91. The van der Waals surface area contributed by atoms with Crippen molar-refractivity contribution in [3.05, 3.63) is 0 Å². The minimum absolute atomic E-state index is 0.331. The van der Waals surface area contributed by atoms with Crippen molar-refractivity contribution in [2.45, 2.75) is 143 Å². The molecular formula is C27H55IO3. The third-order valence-corrected chi connectivity index (χ3v) is 6.63. The molecule has 0 radical (unpaired) electrons. The van der Waals surface area contributed by atoms with Crippen LogP contribution in [-0.2, 0) is 14.2 Å². The van der Waals surface area contributed by atoms with Gasteiger partial charge in [-0.1, -0.05) is 121 Å². The summed E-state index contributed by atoms with van der Waals surface area (Å²) < 4.78 is 20.5. The van der Waals surface area contributed by atoms with Gasteiger partial charge in [0.25, 0.3) is 5.97 Å². The van der Waals surface area contributed by atoms with E-state index >= 15 is 0 Å². The lowest BCUT2D eigenvalue weighted by Gasteiger charge is -2.40. The number of alkyl halides is 1. The predicted octanol–water partition coefficient (Wildman–Crippen LogP) is 9.45. The average Bonchev–Trinajstić information content (AvgIpc) is 2.79. The van der Waals surface area contributed by atoms with Gasteiger partial charge in [0.05, 0.1) is 19.8 Å². The van der Waals surface area contributed by atoms with Crippen LogP contribution in [0.15, 0.2) is 0 Å². The highest BCUT2D eigenvalue weighted by molar-refractivity contribution is 14.1. The molecule has 188 valence electrons. The van der Waals surface area contributed by atoms with Gasteiger partial charge in [0, 0.05) is 5.92 Å². The molecule has 0 aliphatic rings. The van der Waals surface area contributed by atoms with Crippen LogP contribution in [0.5, 0.6) is 0 Å². The minimum atomic E-state index is -0.841. The van der Waals surface area contributed by atoms with Crippen LogP contribution in [-0.4, -0.2) is 30.2 Å². The van der Waals surface area contributed by atoms with Crippen molar-refractivity contribution in [3.8, 4) is 0 Å². The van der Waals surface area contributed by atoms with Crippen molar-refractivity contribution in [2.24, 2.45) is 5.92 Å². The fourth-order valence-corrected chi connectivity index (χ4v) is 4.61. The molecule has 0 aromatic carbocycles. The Morgan fingerprint density at radius 3 is 1.29 bits per heavy atom. The molecule has 0 aliphatic heterocycles. The van der Waals surface area contributed by atoms with E-state index in [-0.39, 0.29) is 0 Å². The highest BCUT2D eigenvalue weighted by atomic mass is 127. The quantitative estimate of drug-likeness (QED) is 0.0487. The van der Waals surface area contributed by atoms with Crippen molar-refractivity contribution >= 4 is 22.6 Å². The number of ether oxygens (including phenoxy) is 3. The zero-order chi connectivity index (χ0) is 23.0. The Hall–Kier alpha value is 0.610. The molecule has 0 amide bonds. The van der Waals surface area contributed by atoms with E-state index in [1.165, 1.54) is 81.5 Å². The molecule has 0 saturated carbocycles. The summed E-state index contributed by atoms with van der Waals surface area (Å²) in [5.41, 5.74) is 0. The van der Waals surface area contributed by atoms with E-state index in [2.05, 4.69) is 50.3 Å². The van der Waals surface area contributed by atoms with Gasteiger partial charge in [-0.15, -0.1) is 0 Å². The van der Waals surface area contributed by atoms with E-state index < -0.39 is 5.97 Å². The van der Waals surface area contributed by atoms with E-state index in [0.717, 1.165) is 32.1 Å². The second-order valence-electron chi connectivity index (χ2n) is 9.00. The molecule has 0 bridgehead atoms. The summed E-state index contributed by atoms with van der Waals surface area (Å²) in [6.45, 7) is 10.9. The third-order valence-electron chi connectivity index (χ3n) is 5.86. The molecule has 0 fully saturated rings. The summed E-state index contributed by atoms with van der Waals surface area (Å²) in [4.78, 5) is 0. The van der Waals surface area contributed by atoms with Crippen LogP contribution in [0.3, 0.4) is 0 Å². The van der Waals surface area contributed by atoms with Crippen molar-refractivity contribution in [1.82, 2.24) is 0 Å².